The monoisotopic (exact) mass is 339 g/mol. The predicted octanol–water partition coefficient (Wildman–Crippen LogP) is 5.30. The molecule has 1 fully saturated rings. The van der Waals surface area contributed by atoms with Crippen molar-refractivity contribution >= 4 is 35.0 Å². The summed E-state index contributed by atoms with van der Waals surface area (Å²) < 4.78 is 0. The van der Waals surface area contributed by atoms with Crippen molar-refractivity contribution in [3.8, 4) is 0 Å². The van der Waals surface area contributed by atoms with Crippen molar-refractivity contribution in [3.63, 3.8) is 0 Å². The number of aromatic nitrogens is 3. The van der Waals surface area contributed by atoms with Gasteiger partial charge in [0.05, 0.1) is 22.6 Å². The van der Waals surface area contributed by atoms with Crippen LogP contribution in [0.2, 0.25) is 10.2 Å². The number of hydrogen-bond donors (Lipinski definition) is 0. The number of aryl methyl sites for hydroxylation is 1. The van der Waals surface area contributed by atoms with E-state index in [1.807, 2.05) is 19.2 Å². The van der Waals surface area contributed by atoms with Gasteiger partial charge in [-0.25, -0.2) is 9.97 Å². The molecule has 2 heterocycles. The molecule has 1 saturated carbocycles. The van der Waals surface area contributed by atoms with E-state index in [0.29, 0.717) is 16.1 Å². The van der Waals surface area contributed by atoms with Gasteiger partial charge in [-0.1, -0.05) is 47.8 Å². The molecule has 0 radical (unpaired) electrons. The van der Waals surface area contributed by atoms with E-state index in [1.165, 1.54) is 37.4 Å². The van der Waals surface area contributed by atoms with Crippen LogP contribution in [0.1, 0.15) is 43.0 Å². The molecule has 0 aliphatic heterocycles. The summed E-state index contributed by atoms with van der Waals surface area (Å²) in [6.45, 7) is 1.99. The van der Waals surface area contributed by atoms with Crippen molar-refractivity contribution in [3.05, 3.63) is 40.0 Å². The zero-order valence-electron chi connectivity index (χ0n) is 11.6. The molecule has 3 nitrogen and oxygen atoms in total. The van der Waals surface area contributed by atoms with Crippen LogP contribution in [0.3, 0.4) is 0 Å². The highest BCUT2D eigenvalue weighted by atomic mass is 35.5. The maximum absolute atomic E-state index is 6.17. The summed E-state index contributed by atoms with van der Waals surface area (Å²) in [5.74, 6) is 0.578. The number of pyridine rings is 1. The van der Waals surface area contributed by atoms with Gasteiger partial charge in [-0.15, -0.1) is 0 Å². The van der Waals surface area contributed by atoms with Crippen LogP contribution in [-0.4, -0.2) is 15.0 Å². The molecule has 0 saturated heterocycles. The predicted molar refractivity (Wildman–Crippen MR) is 86.4 cm³/mol. The Kier molecular flexibility index (Phi) is 4.67. The fraction of sp³-hybridized carbons (Fsp3) is 0.400. The number of halogens is 2. The highest BCUT2D eigenvalue weighted by Crippen LogP contribution is 2.37. The third kappa shape index (κ3) is 3.33. The average molecular weight is 340 g/mol. The Morgan fingerprint density at radius 3 is 2.67 bits per heavy atom. The highest BCUT2D eigenvalue weighted by molar-refractivity contribution is 7.99. The molecule has 1 aliphatic rings. The van der Waals surface area contributed by atoms with E-state index in [0.717, 1.165) is 21.3 Å². The second-order valence-electron chi connectivity index (χ2n) is 5.18. The second kappa shape index (κ2) is 6.51. The third-order valence-electron chi connectivity index (χ3n) is 3.71. The lowest BCUT2D eigenvalue weighted by Crippen LogP contribution is -2.01. The Morgan fingerprint density at radius 1 is 1.19 bits per heavy atom. The van der Waals surface area contributed by atoms with Gasteiger partial charge in [0.15, 0.2) is 0 Å². The quantitative estimate of drug-likeness (QED) is 0.711. The topological polar surface area (TPSA) is 38.7 Å². The van der Waals surface area contributed by atoms with Crippen LogP contribution in [0.5, 0.6) is 0 Å². The fourth-order valence-corrected chi connectivity index (χ4v) is 3.86. The van der Waals surface area contributed by atoms with Gasteiger partial charge < -0.3 is 0 Å². The summed E-state index contributed by atoms with van der Waals surface area (Å²) in [7, 11) is 0. The molecule has 0 bridgehead atoms. The highest BCUT2D eigenvalue weighted by Gasteiger charge is 2.20. The van der Waals surface area contributed by atoms with E-state index < -0.39 is 0 Å². The summed E-state index contributed by atoms with van der Waals surface area (Å²) in [5, 5.41) is 1.64. The minimum atomic E-state index is 0.315. The van der Waals surface area contributed by atoms with Gasteiger partial charge in [-0.2, -0.15) is 0 Å². The maximum Gasteiger partial charge on any atom is 0.148 e. The van der Waals surface area contributed by atoms with E-state index in [-0.39, 0.29) is 0 Å². The smallest absolute Gasteiger partial charge is 0.148 e. The van der Waals surface area contributed by atoms with Crippen LogP contribution < -0.4 is 0 Å². The molecule has 6 heteroatoms. The molecule has 1 aliphatic carbocycles. The van der Waals surface area contributed by atoms with Gasteiger partial charge in [0.1, 0.15) is 10.2 Å². The van der Waals surface area contributed by atoms with Crippen molar-refractivity contribution in [1.82, 2.24) is 15.0 Å². The molecule has 21 heavy (non-hydrogen) atoms. The van der Waals surface area contributed by atoms with Gasteiger partial charge in [-0.05, 0) is 25.8 Å². The van der Waals surface area contributed by atoms with E-state index in [9.17, 15) is 0 Å². The normalized spacial score (nSPS) is 15.6. The molecule has 0 unspecified atom stereocenters. The summed E-state index contributed by atoms with van der Waals surface area (Å²) >= 11 is 13.6. The minimum Gasteiger partial charge on any atom is -0.253 e. The molecule has 0 spiro atoms. The van der Waals surface area contributed by atoms with Crippen LogP contribution in [-0.2, 0) is 0 Å². The fourth-order valence-electron chi connectivity index (χ4n) is 2.59. The molecule has 110 valence electrons. The van der Waals surface area contributed by atoms with Crippen molar-refractivity contribution in [2.45, 2.75) is 48.4 Å². The molecule has 0 atom stereocenters. The Labute approximate surface area is 138 Å². The Balaban J connectivity index is 1.84. The van der Waals surface area contributed by atoms with Gasteiger partial charge in [0.2, 0.25) is 0 Å². The van der Waals surface area contributed by atoms with Crippen molar-refractivity contribution in [2.24, 2.45) is 0 Å². The first-order valence-corrected chi connectivity index (χ1v) is 8.54. The lowest BCUT2D eigenvalue weighted by molar-refractivity contribution is 0.681. The first-order valence-electron chi connectivity index (χ1n) is 6.96. The first kappa shape index (κ1) is 15.1. The zero-order chi connectivity index (χ0) is 14.8. The average Bonchev–Trinajstić information content (AvgIpc) is 3.00. The van der Waals surface area contributed by atoms with Crippen molar-refractivity contribution < 1.29 is 0 Å². The van der Waals surface area contributed by atoms with Gasteiger partial charge in [0, 0.05) is 17.0 Å². The van der Waals surface area contributed by atoms with Crippen LogP contribution in [0, 0.1) is 6.92 Å². The number of hydrogen-bond acceptors (Lipinski definition) is 4. The molecule has 2 aromatic rings. The van der Waals surface area contributed by atoms with Crippen LogP contribution in [0.15, 0.2) is 28.4 Å². The van der Waals surface area contributed by atoms with Gasteiger partial charge in [-0.3, -0.25) is 4.98 Å². The standard InChI is InChI=1S/C15H15Cl2N3S/c1-9-15(21-12-6-7-18-14(17)13(12)16)19-8-11(20-9)10-4-2-3-5-10/h6-8,10H,2-5H2,1H3. The summed E-state index contributed by atoms with van der Waals surface area (Å²) in [6.07, 6.45) is 8.60. The SMILES string of the molecule is Cc1nc(C2CCCC2)cnc1Sc1ccnc(Cl)c1Cl. The zero-order valence-corrected chi connectivity index (χ0v) is 14.0. The molecule has 3 rings (SSSR count). The number of rotatable bonds is 3. The maximum atomic E-state index is 6.17. The molecular weight excluding hydrogens is 325 g/mol. The Bertz CT molecular complexity index is 657. The minimum absolute atomic E-state index is 0.315. The van der Waals surface area contributed by atoms with E-state index in [2.05, 4.69) is 9.97 Å². The Hall–Kier alpha value is -0.840. The van der Waals surface area contributed by atoms with Crippen LogP contribution in [0.25, 0.3) is 0 Å². The summed E-state index contributed by atoms with van der Waals surface area (Å²) in [6, 6.07) is 1.84. The molecule has 0 N–H and O–H groups in total. The molecule has 0 aromatic carbocycles. The third-order valence-corrected chi connectivity index (χ3v) is 5.74. The molecule has 2 aromatic heterocycles. The van der Waals surface area contributed by atoms with E-state index in [4.69, 9.17) is 28.2 Å². The van der Waals surface area contributed by atoms with E-state index >= 15 is 0 Å². The lowest BCUT2D eigenvalue weighted by atomic mass is 10.1. The summed E-state index contributed by atoms with van der Waals surface area (Å²) in [4.78, 5) is 14.1. The van der Waals surface area contributed by atoms with Crippen molar-refractivity contribution in [2.75, 3.05) is 0 Å². The van der Waals surface area contributed by atoms with E-state index in [1.54, 1.807) is 6.20 Å². The second-order valence-corrected chi connectivity index (χ2v) is 6.95. The molecule has 0 amide bonds. The Morgan fingerprint density at radius 2 is 1.95 bits per heavy atom. The summed E-state index contributed by atoms with van der Waals surface area (Å²) in [5.41, 5.74) is 2.06. The van der Waals surface area contributed by atoms with Gasteiger partial charge >= 0.3 is 0 Å². The molecular formula is C15H15Cl2N3S. The van der Waals surface area contributed by atoms with Crippen molar-refractivity contribution in [1.29, 1.82) is 0 Å². The van der Waals surface area contributed by atoms with Crippen LogP contribution >= 0.6 is 35.0 Å². The lowest BCUT2D eigenvalue weighted by Gasteiger charge is -2.11. The van der Waals surface area contributed by atoms with Crippen LogP contribution in [0.4, 0.5) is 0 Å². The van der Waals surface area contributed by atoms with Gasteiger partial charge in [0.25, 0.3) is 0 Å². The number of nitrogens with zero attached hydrogens (tertiary/aromatic N) is 3. The first-order chi connectivity index (χ1) is 10.1. The largest absolute Gasteiger partial charge is 0.253 e.